The molecule has 3 aromatic rings. The Morgan fingerprint density at radius 2 is 1.97 bits per heavy atom. The van der Waals surface area contributed by atoms with Crippen LogP contribution in [0.4, 0.5) is 18.9 Å². The molecule has 7 nitrogen and oxygen atoms in total. The van der Waals surface area contributed by atoms with Gasteiger partial charge in [-0.25, -0.2) is 13.2 Å². The number of hydrogen-bond acceptors (Lipinski definition) is 4. The Labute approximate surface area is 175 Å². The van der Waals surface area contributed by atoms with Gasteiger partial charge >= 0.3 is 0 Å². The number of nitrogens with one attached hydrogen (secondary N) is 1. The van der Waals surface area contributed by atoms with Crippen LogP contribution >= 0.6 is 0 Å². The van der Waals surface area contributed by atoms with Gasteiger partial charge in [-0.3, -0.25) is 19.3 Å². The lowest BCUT2D eigenvalue weighted by molar-refractivity contribution is -0.0476. The number of anilines is 1. The number of primary amides is 1. The van der Waals surface area contributed by atoms with Crippen LogP contribution in [0.5, 0.6) is 0 Å². The topological polar surface area (TPSA) is 103 Å². The SMILES string of the molecule is NC(=O)c1cc(NC(=O)c2c3cccc(F)c3nn2CC2CCC(F)(F)CC2)ccn1. The molecular formula is C21H20F3N5O2. The van der Waals surface area contributed by atoms with Gasteiger partial charge in [-0.1, -0.05) is 12.1 Å². The van der Waals surface area contributed by atoms with Crippen molar-refractivity contribution in [2.75, 3.05) is 5.32 Å². The van der Waals surface area contributed by atoms with Gasteiger partial charge in [0.05, 0.1) is 0 Å². The standard InChI is InChI=1S/C21H20F3N5O2/c22-15-3-1-2-14-17(15)28-29(11-12-4-7-21(23,24)8-5-12)18(14)20(31)27-13-6-9-26-16(10-13)19(25)30/h1-3,6,9-10,12H,4-5,7-8,11H2,(H2,25,30)(H,26,27,31). The first-order valence-electron chi connectivity index (χ1n) is 9.83. The fourth-order valence-electron chi connectivity index (χ4n) is 3.85. The van der Waals surface area contributed by atoms with E-state index in [9.17, 15) is 22.8 Å². The number of nitrogens with two attached hydrogens (primary N) is 1. The van der Waals surface area contributed by atoms with Crippen LogP contribution in [0, 0.1) is 11.7 Å². The van der Waals surface area contributed by atoms with Gasteiger partial charge in [-0.2, -0.15) is 5.10 Å². The Hall–Kier alpha value is -3.43. The van der Waals surface area contributed by atoms with E-state index in [0.29, 0.717) is 18.2 Å². The van der Waals surface area contributed by atoms with E-state index in [2.05, 4.69) is 15.4 Å². The highest BCUT2D eigenvalue weighted by atomic mass is 19.3. The molecule has 1 fully saturated rings. The molecule has 0 radical (unpaired) electrons. The van der Waals surface area contributed by atoms with Gasteiger partial charge in [0.15, 0.2) is 5.82 Å². The van der Waals surface area contributed by atoms with E-state index in [4.69, 9.17) is 5.73 Å². The molecular weight excluding hydrogens is 411 g/mol. The van der Waals surface area contributed by atoms with Crippen LogP contribution < -0.4 is 11.1 Å². The zero-order valence-electron chi connectivity index (χ0n) is 16.4. The lowest BCUT2D eigenvalue weighted by Crippen LogP contribution is -2.28. The molecule has 31 heavy (non-hydrogen) atoms. The molecule has 10 heteroatoms. The number of pyridine rings is 1. The highest BCUT2D eigenvalue weighted by Crippen LogP contribution is 2.37. The average Bonchev–Trinajstić information content (AvgIpc) is 3.09. The molecule has 3 N–H and O–H groups in total. The van der Waals surface area contributed by atoms with Crippen molar-refractivity contribution >= 4 is 28.4 Å². The summed E-state index contributed by atoms with van der Waals surface area (Å²) in [6, 6.07) is 7.10. The Morgan fingerprint density at radius 1 is 1.23 bits per heavy atom. The van der Waals surface area contributed by atoms with E-state index < -0.39 is 23.6 Å². The van der Waals surface area contributed by atoms with Crippen molar-refractivity contribution in [3.8, 4) is 0 Å². The lowest BCUT2D eigenvalue weighted by atomic mass is 9.87. The summed E-state index contributed by atoms with van der Waals surface area (Å²) in [5.74, 6) is -4.68. The normalized spacial score (nSPS) is 16.4. The molecule has 0 aliphatic heterocycles. The maximum Gasteiger partial charge on any atom is 0.274 e. The van der Waals surface area contributed by atoms with Crippen molar-refractivity contribution in [2.45, 2.75) is 38.2 Å². The Morgan fingerprint density at radius 3 is 2.68 bits per heavy atom. The third kappa shape index (κ3) is 4.37. The number of fused-ring (bicyclic) bond motifs is 1. The number of carbonyl (C=O) groups excluding carboxylic acids is 2. The molecule has 1 saturated carbocycles. The summed E-state index contributed by atoms with van der Waals surface area (Å²) in [5, 5.41) is 7.22. The van der Waals surface area contributed by atoms with E-state index in [-0.39, 0.29) is 47.9 Å². The average molecular weight is 431 g/mol. The second kappa shape index (κ2) is 8.01. The molecule has 0 unspecified atom stereocenters. The number of amides is 2. The third-order valence-corrected chi connectivity index (χ3v) is 5.47. The minimum Gasteiger partial charge on any atom is -0.364 e. The van der Waals surface area contributed by atoms with E-state index in [1.54, 1.807) is 6.07 Å². The fourth-order valence-corrected chi connectivity index (χ4v) is 3.85. The number of aromatic nitrogens is 3. The number of hydrogen-bond donors (Lipinski definition) is 2. The van der Waals surface area contributed by atoms with Crippen molar-refractivity contribution < 1.29 is 22.8 Å². The van der Waals surface area contributed by atoms with Crippen LogP contribution in [0.15, 0.2) is 36.5 Å². The Kier molecular flexibility index (Phi) is 5.38. The Bertz CT molecular complexity index is 1150. The van der Waals surface area contributed by atoms with Crippen LogP contribution in [0.2, 0.25) is 0 Å². The van der Waals surface area contributed by atoms with Crippen LogP contribution in [-0.2, 0) is 6.54 Å². The van der Waals surface area contributed by atoms with Crippen LogP contribution in [0.3, 0.4) is 0 Å². The number of carbonyl (C=O) groups is 2. The summed E-state index contributed by atoms with van der Waals surface area (Å²) in [5.41, 5.74) is 5.63. The maximum absolute atomic E-state index is 14.3. The first kappa shape index (κ1) is 20.8. The monoisotopic (exact) mass is 431 g/mol. The van der Waals surface area contributed by atoms with Crippen molar-refractivity contribution in [3.63, 3.8) is 0 Å². The van der Waals surface area contributed by atoms with Crippen LogP contribution in [0.1, 0.15) is 46.7 Å². The molecule has 2 aromatic heterocycles. The second-order valence-electron chi connectivity index (χ2n) is 7.71. The predicted molar refractivity (Wildman–Crippen MR) is 107 cm³/mol. The number of halogens is 3. The zero-order valence-corrected chi connectivity index (χ0v) is 16.4. The summed E-state index contributed by atoms with van der Waals surface area (Å²) in [6.45, 7) is 0.218. The maximum atomic E-state index is 14.3. The molecule has 2 amide bonds. The van der Waals surface area contributed by atoms with Gasteiger partial charge in [0.1, 0.15) is 16.9 Å². The number of alkyl halides is 2. The molecule has 1 aliphatic carbocycles. The van der Waals surface area contributed by atoms with Crippen molar-refractivity contribution in [3.05, 3.63) is 53.7 Å². The van der Waals surface area contributed by atoms with Crippen LogP contribution in [-0.4, -0.2) is 32.5 Å². The van der Waals surface area contributed by atoms with Gasteiger partial charge in [-0.15, -0.1) is 0 Å². The summed E-state index contributed by atoms with van der Waals surface area (Å²) in [6.07, 6.45) is 1.47. The second-order valence-corrected chi connectivity index (χ2v) is 7.71. The molecule has 0 saturated heterocycles. The van der Waals surface area contributed by atoms with E-state index >= 15 is 0 Å². The van der Waals surface area contributed by atoms with Gasteiger partial charge in [0.2, 0.25) is 5.92 Å². The Balaban J connectivity index is 1.66. The quantitative estimate of drug-likeness (QED) is 0.642. The smallest absolute Gasteiger partial charge is 0.274 e. The predicted octanol–water partition coefficient (Wildman–Crippen LogP) is 3.75. The zero-order chi connectivity index (χ0) is 22.2. The van der Waals surface area contributed by atoms with Crippen molar-refractivity contribution in [1.29, 1.82) is 0 Å². The highest BCUT2D eigenvalue weighted by Gasteiger charge is 2.35. The van der Waals surface area contributed by atoms with E-state index in [1.807, 2.05) is 0 Å². The molecule has 0 spiro atoms. The van der Waals surface area contributed by atoms with Gasteiger partial charge < -0.3 is 11.1 Å². The van der Waals surface area contributed by atoms with E-state index in [1.165, 1.54) is 35.1 Å². The van der Waals surface area contributed by atoms with Crippen LogP contribution in [0.25, 0.3) is 10.9 Å². The summed E-state index contributed by atoms with van der Waals surface area (Å²) in [7, 11) is 0. The lowest BCUT2D eigenvalue weighted by Gasteiger charge is -2.28. The van der Waals surface area contributed by atoms with Gasteiger partial charge in [-0.05, 0) is 37.0 Å². The fraction of sp³-hybridized carbons (Fsp3) is 0.333. The molecule has 0 bridgehead atoms. The summed E-state index contributed by atoms with van der Waals surface area (Å²) >= 11 is 0. The van der Waals surface area contributed by atoms with Gasteiger partial charge in [0, 0.05) is 36.7 Å². The summed E-state index contributed by atoms with van der Waals surface area (Å²) < 4.78 is 42.7. The minimum atomic E-state index is -2.67. The minimum absolute atomic E-state index is 0.0228. The summed E-state index contributed by atoms with van der Waals surface area (Å²) in [4.78, 5) is 28.3. The van der Waals surface area contributed by atoms with Crippen molar-refractivity contribution in [2.24, 2.45) is 11.7 Å². The molecule has 2 heterocycles. The number of nitrogens with zero attached hydrogens (tertiary/aromatic N) is 3. The highest BCUT2D eigenvalue weighted by molar-refractivity contribution is 6.11. The van der Waals surface area contributed by atoms with Crippen molar-refractivity contribution in [1.82, 2.24) is 14.8 Å². The largest absolute Gasteiger partial charge is 0.364 e. The third-order valence-electron chi connectivity index (χ3n) is 5.47. The van der Waals surface area contributed by atoms with E-state index in [0.717, 1.165) is 0 Å². The molecule has 0 atom stereocenters. The molecule has 4 rings (SSSR count). The molecule has 1 aromatic carbocycles. The van der Waals surface area contributed by atoms with Gasteiger partial charge in [0.25, 0.3) is 11.8 Å². The number of benzene rings is 1. The first-order valence-corrected chi connectivity index (χ1v) is 9.83. The number of rotatable bonds is 5. The first-order chi connectivity index (χ1) is 14.7. The molecule has 162 valence electrons. The molecule has 1 aliphatic rings.